The Morgan fingerprint density at radius 2 is 1.90 bits per heavy atom. The molecule has 5 heteroatoms. The van der Waals surface area contributed by atoms with Gasteiger partial charge in [-0.15, -0.1) is 11.3 Å². The van der Waals surface area contributed by atoms with E-state index in [1.165, 1.54) is 7.05 Å². The molecule has 108 valence electrons. The van der Waals surface area contributed by atoms with Crippen LogP contribution in [0.3, 0.4) is 0 Å². The number of amides is 3. The highest BCUT2D eigenvalue weighted by atomic mass is 32.1. The van der Waals surface area contributed by atoms with Gasteiger partial charge in [0, 0.05) is 11.9 Å². The van der Waals surface area contributed by atoms with E-state index < -0.39 is 5.54 Å². The summed E-state index contributed by atoms with van der Waals surface area (Å²) in [6, 6.07) is 11.8. The monoisotopic (exact) mass is 300 g/mol. The van der Waals surface area contributed by atoms with Crippen molar-refractivity contribution in [3.63, 3.8) is 0 Å². The van der Waals surface area contributed by atoms with Crippen molar-refractivity contribution in [2.75, 3.05) is 7.05 Å². The van der Waals surface area contributed by atoms with Crippen molar-refractivity contribution >= 4 is 23.3 Å². The second kappa shape index (κ2) is 5.00. The number of imide groups is 1. The Morgan fingerprint density at radius 3 is 2.57 bits per heavy atom. The van der Waals surface area contributed by atoms with Crippen LogP contribution >= 0.6 is 11.3 Å². The molecule has 1 fully saturated rings. The topological polar surface area (TPSA) is 49.4 Å². The van der Waals surface area contributed by atoms with E-state index in [9.17, 15) is 9.59 Å². The molecule has 0 saturated carbocycles. The van der Waals surface area contributed by atoms with Crippen LogP contribution in [0.25, 0.3) is 11.1 Å². The molecule has 1 aliphatic heterocycles. The predicted molar refractivity (Wildman–Crippen MR) is 83.0 cm³/mol. The molecule has 0 spiro atoms. The second-order valence-electron chi connectivity index (χ2n) is 5.46. The van der Waals surface area contributed by atoms with E-state index in [1.54, 1.807) is 11.3 Å². The number of nitrogens with one attached hydrogen (secondary N) is 1. The molecule has 4 nitrogen and oxygen atoms in total. The molecule has 1 saturated heterocycles. The lowest BCUT2D eigenvalue weighted by Gasteiger charge is -2.36. The number of thiophene rings is 1. The average Bonchev–Trinajstić information content (AvgIpc) is 2.96. The van der Waals surface area contributed by atoms with Gasteiger partial charge in [0.05, 0.1) is 12.0 Å². The van der Waals surface area contributed by atoms with E-state index in [4.69, 9.17) is 0 Å². The highest BCUT2D eigenvalue weighted by Gasteiger charge is 2.40. The summed E-state index contributed by atoms with van der Waals surface area (Å²) < 4.78 is 0. The Labute approximate surface area is 127 Å². The minimum absolute atomic E-state index is 0.157. The fourth-order valence-corrected chi connectivity index (χ4v) is 3.49. The normalized spacial score (nSPS) is 22.3. The van der Waals surface area contributed by atoms with E-state index in [0.29, 0.717) is 0 Å². The molecule has 3 rings (SSSR count). The molecule has 0 unspecified atom stereocenters. The van der Waals surface area contributed by atoms with E-state index in [2.05, 4.69) is 16.8 Å². The Morgan fingerprint density at radius 1 is 1.19 bits per heavy atom. The summed E-state index contributed by atoms with van der Waals surface area (Å²) in [5.74, 6) is -0.157. The van der Waals surface area contributed by atoms with Gasteiger partial charge in [-0.05, 0) is 29.5 Å². The van der Waals surface area contributed by atoms with Gasteiger partial charge >= 0.3 is 6.03 Å². The Hall–Kier alpha value is -2.14. The maximum absolute atomic E-state index is 11.9. The molecule has 0 radical (unpaired) electrons. The Bertz CT molecular complexity index is 675. The van der Waals surface area contributed by atoms with Crippen molar-refractivity contribution in [3.05, 3.63) is 46.7 Å². The molecule has 1 aromatic heterocycles. The van der Waals surface area contributed by atoms with Crippen molar-refractivity contribution in [2.45, 2.75) is 18.9 Å². The van der Waals surface area contributed by atoms with Crippen molar-refractivity contribution in [1.29, 1.82) is 0 Å². The number of rotatable bonds is 2. The molecule has 3 amide bonds. The number of nitrogens with zero attached hydrogens (tertiary/aromatic N) is 1. The van der Waals surface area contributed by atoms with Crippen LogP contribution in [-0.2, 0) is 10.3 Å². The zero-order chi connectivity index (χ0) is 15.0. The summed E-state index contributed by atoms with van der Waals surface area (Å²) in [6.07, 6.45) is 0.282. The van der Waals surface area contributed by atoms with Gasteiger partial charge in [0.15, 0.2) is 0 Å². The zero-order valence-corrected chi connectivity index (χ0v) is 12.7. The van der Waals surface area contributed by atoms with Crippen LogP contribution in [0.5, 0.6) is 0 Å². The van der Waals surface area contributed by atoms with Crippen molar-refractivity contribution in [3.8, 4) is 11.1 Å². The van der Waals surface area contributed by atoms with E-state index in [1.807, 2.05) is 37.3 Å². The number of benzene rings is 1. The van der Waals surface area contributed by atoms with Gasteiger partial charge in [-0.25, -0.2) is 4.79 Å². The smallest absolute Gasteiger partial charge is 0.324 e. The summed E-state index contributed by atoms with van der Waals surface area (Å²) in [6.45, 7) is 1.90. The lowest BCUT2D eigenvalue weighted by atomic mass is 9.92. The van der Waals surface area contributed by atoms with Crippen LogP contribution in [-0.4, -0.2) is 23.9 Å². The van der Waals surface area contributed by atoms with Crippen LogP contribution in [0.2, 0.25) is 0 Å². The molecule has 1 atom stereocenters. The third kappa shape index (κ3) is 2.45. The summed E-state index contributed by atoms with van der Waals surface area (Å²) >= 11 is 1.57. The molecule has 2 heterocycles. The first-order valence-corrected chi connectivity index (χ1v) is 7.61. The largest absolute Gasteiger partial charge is 0.327 e. The number of hydrogen-bond acceptors (Lipinski definition) is 3. The van der Waals surface area contributed by atoms with Crippen LogP contribution in [0.15, 0.2) is 41.8 Å². The number of carbonyl (C=O) groups excluding carboxylic acids is 2. The highest BCUT2D eigenvalue weighted by Crippen LogP contribution is 2.36. The molecule has 0 bridgehead atoms. The molecule has 2 aromatic rings. The fraction of sp³-hybridized carbons (Fsp3) is 0.250. The Kier molecular flexibility index (Phi) is 3.29. The highest BCUT2D eigenvalue weighted by molar-refractivity contribution is 7.10. The third-order valence-corrected chi connectivity index (χ3v) is 5.01. The quantitative estimate of drug-likeness (QED) is 0.926. The molecule has 1 aromatic carbocycles. The van der Waals surface area contributed by atoms with E-state index >= 15 is 0 Å². The molecular formula is C16H16N2O2S. The summed E-state index contributed by atoms with van der Waals surface area (Å²) in [5.41, 5.74) is 1.62. The maximum Gasteiger partial charge on any atom is 0.324 e. The first-order valence-electron chi connectivity index (χ1n) is 6.73. The molecule has 0 aliphatic carbocycles. The molecule has 21 heavy (non-hydrogen) atoms. The number of carbonyl (C=O) groups is 2. The Balaban J connectivity index is 1.93. The van der Waals surface area contributed by atoms with Crippen LogP contribution < -0.4 is 5.32 Å². The lowest BCUT2D eigenvalue weighted by Crippen LogP contribution is -2.57. The van der Waals surface area contributed by atoms with Crippen molar-refractivity contribution < 1.29 is 9.59 Å². The lowest BCUT2D eigenvalue weighted by molar-refractivity contribution is -0.130. The van der Waals surface area contributed by atoms with Gasteiger partial charge in [0.2, 0.25) is 5.91 Å². The third-order valence-electron chi connectivity index (χ3n) is 3.82. The first-order chi connectivity index (χ1) is 9.99. The van der Waals surface area contributed by atoms with Crippen LogP contribution in [0.1, 0.15) is 18.2 Å². The van der Waals surface area contributed by atoms with Gasteiger partial charge < -0.3 is 5.32 Å². The van der Waals surface area contributed by atoms with Crippen LogP contribution in [0.4, 0.5) is 4.79 Å². The van der Waals surface area contributed by atoms with Crippen LogP contribution in [0, 0.1) is 0 Å². The molecule has 1 aliphatic rings. The number of hydrogen-bond donors (Lipinski definition) is 1. The van der Waals surface area contributed by atoms with Gasteiger partial charge in [-0.1, -0.05) is 30.3 Å². The van der Waals surface area contributed by atoms with Gasteiger partial charge in [-0.2, -0.15) is 0 Å². The first kappa shape index (κ1) is 13.8. The zero-order valence-electron chi connectivity index (χ0n) is 11.9. The summed E-state index contributed by atoms with van der Waals surface area (Å²) in [4.78, 5) is 25.9. The van der Waals surface area contributed by atoms with Crippen molar-refractivity contribution in [1.82, 2.24) is 10.2 Å². The average molecular weight is 300 g/mol. The minimum atomic E-state index is -0.627. The van der Waals surface area contributed by atoms with E-state index in [0.717, 1.165) is 20.9 Å². The molecule has 1 N–H and O–H groups in total. The van der Waals surface area contributed by atoms with E-state index in [-0.39, 0.29) is 18.4 Å². The summed E-state index contributed by atoms with van der Waals surface area (Å²) in [5, 5.41) is 4.99. The number of urea groups is 1. The maximum atomic E-state index is 11.9. The van der Waals surface area contributed by atoms with Gasteiger partial charge in [0.1, 0.15) is 0 Å². The predicted octanol–water partition coefficient (Wildman–Crippen LogP) is 3.20. The molecular weight excluding hydrogens is 284 g/mol. The standard InChI is InChI=1S/C16H16N2O2S/c1-16(9-14(19)18(2)15(20)17-16)13-8-12(10-21-13)11-6-4-3-5-7-11/h3-8,10H,9H2,1-2H3,(H,17,20)/t16-/m0/s1. The summed E-state index contributed by atoms with van der Waals surface area (Å²) in [7, 11) is 1.50. The van der Waals surface area contributed by atoms with Gasteiger partial charge in [0.25, 0.3) is 0 Å². The minimum Gasteiger partial charge on any atom is -0.327 e. The SMILES string of the molecule is CN1C(=O)C[C@@](C)(c2cc(-c3ccccc3)cs2)NC1=O. The van der Waals surface area contributed by atoms with Gasteiger partial charge in [-0.3, -0.25) is 9.69 Å². The van der Waals surface area contributed by atoms with Crippen molar-refractivity contribution in [2.24, 2.45) is 0 Å². The fourth-order valence-electron chi connectivity index (χ4n) is 2.45. The second-order valence-corrected chi connectivity index (χ2v) is 6.37.